The van der Waals surface area contributed by atoms with Crippen LogP contribution in [0.3, 0.4) is 0 Å². The Morgan fingerprint density at radius 3 is 1.62 bits per heavy atom. The van der Waals surface area contributed by atoms with Crippen molar-refractivity contribution in [2.45, 2.75) is 71.0 Å². The van der Waals surface area contributed by atoms with Crippen molar-refractivity contribution < 1.29 is 35.8 Å². The molecule has 0 saturated heterocycles. The van der Waals surface area contributed by atoms with E-state index in [0.717, 1.165) is 74.1 Å². The minimum Gasteiger partial charge on any atom is -0.429 e. The first-order chi connectivity index (χ1) is 17.6. The van der Waals surface area contributed by atoms with Gasteiger partial charge in [0.05, 0.1) is 5.56 Å². The summed E-state index contributed by atoms with van der Waals surface area (Å²) in [5.41, 5.74) is -0.874. The fourth-order valence-corrected chi connectivity index (χ4v) is 3.86. The number of unbranched alkanes of at least 4 members (excludes halogenated alkanes) is 3. The van der Waals surface area contributed by atoms with Crippen LogP contribution in [0.1, 0.15) is 68.2 Å². The minimum absolute atomic E-state index is 0.0514. The van der Waals surface area contributed by atoms with E-state index in [1.54, 1.807) is 12.1 Å². The van der Waals surface area contributed by atoms with Crippen LogP contribution in [0, 0.1) is 11.6 Å². The standard InChI is InChI=1S/C29H30F6O2/c1-3-5-7-9-20-10-14-23(15-11-20)36-28(32,33)22-12-16-24(17-13-22)37-29(34,35)27-25(30)18-21(8-6-4-2)19-26(27)31/h10-19H,3-9H2,1-2H3. The van der Waals surface area contributed by atoms with Gasteiger partial charge in [-0.1, -0.05) is 45.2 Å². The molecule has 0 aromatic heterocycles. The van der Waals surface area contributed by atoms with E-state index in [4.69, 9.17) is 4.74 Å². The molecule has 0 heterocycles. The average molecular weight is 525 g/mol. The van der Waals surface area contributed by atoms with E-state index < -0.39 is 40.7 Å². The number of halogens is 6. The van der Waals surface area contributed by atoms with Crippen molar-refractivity contribution in [3.05, 3.63) is 94.6 Å². The molecule has 0 saturated carbocycles. The van der Waals surface area contributed by atoms with Crippen LogP contribution in [0.25, 0.3) is 0 Å². The summed E-state index contributed by atoms with van der Waals surface area (Å²) in [7, 11) is 0. The lowest BCUT2D eigenvalue weighted by Crippen LogP contribution is -2.25. The second-order valence-corrected chi connectivity index (χ2v) is 8.90. The first kappa shape index (κ1) is 28.4. The van der Waals surface area contributed by atoms with Gasteiger partial charge in [-0.25, -0.2) is 8.78 Å². The minimum atomic E-state index is -4.36. The second-order valence-electron chi connectivity index (χ2n) is 8.90. The second kappa shape index (κ2) is 12.4. The SMILES string of the molecule is CCCCCc1ccc(OC(F)(F)c2ccc(OC(F)(F)c3c(F)cc(CCCC)cc3F)cc2)cc1. The Kier molecular flexibility index (Phi) is 9.51. The quantitative estimate of drug-likeness (QED) is 0.164. The normalized spacial score (nSPS) is 12.0. The van der Waals surface area contributed by atoms with Crippen molar-refractivity contribution in [2.75, 3.05) is 0 Å². The van der Waals surface area contributed by atoms with Gasteiger partial charge in [0.1, 0.15) is 28.7 Å². The zero-order chi connectivity index (χ0) is 27.1. The first-order valence-corrected chi connectivity index (χ1v) is 12.4. The molecule has 0 N–H and O–H groups in total. The lowest BCUT2D eigenvalue weighted by Gasteiger charge is -2.21. The topological polar surface area (TPSA) is 18.5 Å². The largest absolute Gasteiger partial charge is 0.432 e. The van der Waals surface area contributed by atoms with Gasteiger partial charge in [-0.05, 0) is 85.3 Å². The van der Waals surface area contributed by atoms with E-state index in [1.807, 2.05) is 6.92 Å². The molecule has 0 amide bonds. The molecule has 2 nitrogen and oxygen atoms in total. The molecule has 3 rings (SSSR count). The van der Waals surface area contributed by atoms with Crippen molar-refractivity contribution in [3.63, 3.8) is 0 Å². The predicted molar refractivity (Wildman–Crippen MR) is 130 cm³/mol. The molecule has 0 aliphatic heterocycles. The highest BCUT2D eigenvalue weighted by molar-refractivity contribution is 5.34. The van der Waals surface area contributed by atoms with Crippen molar-refractivity contribution in [2.24, 2.45) is 0 Å². The Bertz CT molecular complexity index is 1120. The lowest BCUT2D eigenvalue weighted by atomic mass is 10.0. The van der Waals surface area contributed by atoms with E-state index in [1.165, 1.54) is 12.1 Å². The fraction of sp³-hybridized carbons (Fsp3) is 0.379. The Balaban J connectivity index is 1.69. The van der Waals surface area contributed by atoms with Crippen molar-refractivity contribution >= 4 is 0 Å². The van der Waals surface area contributed by atoms with Gasteiger partial charge in [0.25, 0.3) is 0 Å². The van der Waals surface area contributed by atoms with Gasteiger partial charge in [0.15, 0.2) is 0 Å². The molecule has 0 radical (unpaired) electrons. The van der Waals surface area contributed by atoms with Crippen LogP contribution in [-0.4, -0.2) is 0 Å². The third-order valence-corrected chi connectivity index (χ3v) is 5.89. The Labute approximate surface area is 213 Å². The maximum absolute atomic E-state index is 14.6. The number of aryl methyl sites for hydroxylation is 2. The molecule has 200 valence electrons. The number of hydrogen-bond donors (Lipinski definition) is 0. The molecule has 3 aromatic rings. The maximum Gasteiger partial charge on any atom is 0.432 e. The highest BCUT2D eigenvalue weighted by atomic mass is 19.3. The molecule has 0 unspecified atom stereocenters. The molecule has 0 aliphatic rings. The van der Waals surface area contributed by atoms with Crippen LogP contribution in [-0.2, 0) is 25.1 Å². The van der Waals surface area contributed by atoms with Crippen molar-refractivity contribution in [3.8, 4) is 11.5 Å². The Hall–Kier alpha value is -3.16. The van der Waals surface area contributed by atoms with Crippen molar-refractivity contribution in [1.29, 1.82) is 0 Å². The number of rotatable bonds is 13. The lowest BCUT2D eigenvalue weighted by molar-refractivity contribution is -0.190. The van der Waals surface area contributed by atoms with E-state index in [2.05, 4.69) is 11.7 Å². The summed E-state index contributed by atoms with van der Waals surface area (Å²) >= 11 is 0. The highest BCUT2D eigenvalue weighted by Gasteiger charge is 2.41. The molecule has 0 atom stereocenters. The summed E-state index contributed by atoms with van der Waals surface area (Å²) < 4.78 is 96.6. The van der Waals surface area contributed by atoms with E-state index in [9.17, 15) is 26.3 Å². The summed E-state index contributed by atoms with van der Waals surface area (Å²) in [5, 5.41) is 0. The highest BCUT2D eigenvalue weighted by Crippen LogP contribution is 2.37. The molecule has 3 aromatic carbocycles. The molecule has 0 aliphatic carbocycles. The van der Waals surface area contributed by atoms with E-state index in [0.29, 0.717) is 12.8 Å². The molecule has 0 fully saturated rings. The third kappa shape index (κ3) is 7.66. The Morgan fingerprint density at radius 2 is 1.08 bits per heavy atom. The third-order valence-electron chi connectivity index (χ3n) is 5.89. The number of alkyl halides is 4. The summed E-state index contributed by atoms with van der Waals surface area (Å²) in [6, 6.07) is 11.5. The average Bonchev–Trinajstić information content (AvgIpc) is 2.83. The monoisotopic (exact) mass is 524 g/mol. The Morgan fingerprint density at radius 1 is 0.595 bits per heavy atom. The molecule has 8 heteroatoms. The number of hydrogen-bond acceptors (Lipinski definition) is 2. The van der Waals surface area contributed by atoms with Gasteiger partial charge in [-0.2, -0.15) is 17.6 Å². The summed E-state index contributed by atoms with van der Waals surface area (Å²) in [4.78, 5) is 0. The van der Waals surface area contributed by atoms with Gasteiger partial charge in [-0.15, -0.1) is 0 Å². The van der Waals surface area contributed by atoms with Gasteiger partial charge in [-0.3, -0.25) is 0 Å². The fourth-order valence-electron chi connectivity index (χ4n) is 3.86. The van der Waals surface area contributed by atoms with Gasteiger partial charge in [0, 0.05) is 0 Å². The summed E-state index contributed by atoms with van der Waals surface area (Å²) in [6.45, 7) is 3.98. The summed E-state index contributed by atoms with van der Waals surface area (Å²) in [6.07, 6.45) is -2.35. The van der Waals surface area contributed by atoms with E-state index in [-0.39, 0.29) is 11.3 Å². The van der Waals surface area contributed by atoms with Crippen LogP contribution >= 0.6 is 0 Å². The van der Waals surface area contributed by atoms with Crippen LogP contribution in [0.5, 0.6) is 11.5 Å². The van der Waals surface area contributed by atoms with Crippen LogP contribution in [0.2, 0.25) is 0 Å². The van der Waals surface area contributed by atoms with Crippen LogP contribution < -0.4 is 9.47 Å². The molecule has 0 spiro atoms. The molecule has 37 heavy (non-hydrogen) atoms. The molecular formula is C29H30F6O2. The maximum atomic E-state index is 14.6. The zero-order valence-corrected chi connectivity index (χ0v) is 20.8. The summed E-state index contributed by atoms with van der Waals surface area (Å²) in [5.74, 6) is -3.48. The van der Waals surface area contributed by atoms with Gasteiger partial charge >= 0.3 is 12.2 Å². The van der Waals surface area contributed by atoms with Crippen LogP contribution in [0.4, 0.5) is 26.3 Å². The predicted octanol–water partition coefficient (Wildman–Crippen LogP) is 9.30. The molecule has 0 bridgehead atoms. The van der Waals surface area contributed by atoms with E-state index >= 15 is 0 Å². The van der Waals surface area contributed by atoms with Crippen molar-refractivity contribution in [1.82, 2.24) is 0 Å². The smallest absolute Gasteiger partial charge is 0.429 e. The number of benzene rings is 3. The first-order valence-electron chi connectivity index (χ1n) is 12.4. The van der Waals surface area contributed by atoms with Gasteiger partial charge < -0.3 is 9.47 Å². The van der Waals surface area contributed by atoms with Crippen LogP contribution in [0.15, 0.2) is 60.7 Å². The number of ether oxygens (including phenoxy) is 2. The van der Waals surface area contributed by atoms with Gasteiger partial charge in [0.2, 0.25) is 0 Å². The molecular weight excluding hydrogens is 494 g/mol. The zero-order valence-electron chi connectivity index (χ0n) is 20.8.